The molecule has 4 rings (SSSR count). The molecule has 2 amide bonds. The maximum Gasteiger partial charge on any atom is 0.319 e. The van der Waals surface area contributed by atoms with Crippen molar-refractivity contribution in [2.45, 2.75) is 44.1 Å². The number of urea groups is 1. The van der Waals surface area contributed by atoms with Gasteiger partial charge in [0.1, 0.15) is 5.75 Å². The first-order valence-electron chi connectivity index (χ1n) is 8.99. The van der Waals surface area contributed by atoms with E-state index in [-0.39, 0.29) is 6.03 Å². The second kappa shape index (κ2) is 6.78. The van der Waals surface area contributed by atoms with Gasteiger partial charge in [0, 0.05) is 29.8 Å². The van der Waals surface area contributed by atoms with E-state index in [1.807, 2.05) is 24.3 Å². The van der Waals surface area contributed by atoms with Gasteiger partial charge in [-0.3, -0.25) is 4.68 Å². The Kier molecular flexibility index (Phi) is 4.34. The van der Waals surface area contributed by atoms with Gasteiger partial charge in [-0.1, -0.05) is 0 Å². The highest BCUT2D eigenvalue weighted by molar-refractivity contribution is 5.89. The number of methoxy groups -OCH3 is 1. The van der Waals surface area contributed by atoms with Crippen LogP contribution in [0.1, 0.15) is 48.9 Å². The Labute approximate surface area is 147 Å². The van der Waals surface area contributed by atoms with Crippen molar-refractivity contribution in [3.63, 3.8) is 0 Å². The highest BCUT2D eigenvalue weighted by atomic mass is 16.5. The van der Waals surface area contributed by atoms with E-state index in [9.17, 15) is 4.79 Å². The van der Waals surface area contributed by atoms with Gasteiger partial charge in [0.2, 0.25) is 0 Å². The average molecular weight is 340 g/mol. The summed E-state index contributed by atoms with van der Waals surface area (Å²) in [5.41, 5.74) is 3.33. The van der Waals surface area contributed by atoms with Crippen molar-refractivity contribution in [2.75, 3.05) is 19.0 Å². The molecule has 25 heavy (non-hydrogen) atoms. The molecule has 2 aromatic rings. The maximum atomic E-state index is 12.0. The Bertz CT molecular complexity index is 745. The first-order chi connectivity index (χ1) is 12.2. The summed E-state index contributed by atoms with van der Waals surface area (Å²) >= 11 is 0. The van der Waals surface area contributed by atoms with Crippen LogP contribution in [0.2, 0.25) is 0 Å². The lowest BCUT2D eigenvalue weighted by Gasteiger charge is -2.10. The molecule has 1 aromatic heterocycles. The molecule has 0 aliphatic heterocycles. The van der Waals surface area contributed by atoms with Crippen molar-refractivity contribution in [3.05, 3.63) is 41.7 Å². The van der Waals surface area contributed by atoms with Gasteiger partial charge < -0.3 is 15.4 Å². The number of aromatic nitrogens is 2. The number of carbonyl (C=O) groups is 1. The van der Waals surface area contributed by atoms with Crippen molar-refractivity contribution >= 4 is 11.7 Å². The fourth-order valence-electron chi connectivity index (χ4n) is 3.04. The SMILES string of the molecule is COc1ccc(NC(=O)NCCn2nc(C3CC3)cc2C2CC2)cc1. The van der Waals surface area contributed by atoms with Crippen molar-refractivity contribution in [3.8, 4) is 5.75 Å². The fourth-order valence-corrected chi connectivity index (χ4v) is 3.04. The molecule has 0 unspecified atom stereocenters. The van der Waals surface area contributed by atoms with Gasteiger partial charge >= 0.3 is 6.03 Å². The standard InChI is InChI=1S/C19H24N4O2/c1-25-16-8-6-15(7-9-16)21-19(24)20-10-11-23-18(14-4-5-14)12-17(22-23)13-2-3-13/h6-9,12-14H,2-5,10-11H2,1H3,(H2,20,21,24). The number of nitrogens with one attached hydrogen (secondary N) is 2. The third-order valence-corrected chi connectivity index (χ3v) is 4.78. The third-order valence-electron chi connectivity index (χ3n) is 4.78. The summed E-state index contributed by atoms with van der Waals surface area (Å²) in [6, 6.07) is 9.36. The zero-order valence-electron chi connectivity index (χ0n) is 14.5. The Morgan fingerprint density at radius 2 is 1.92 bits per heavy atom. The highest BCUT2D eigenvalue weighted by Gasteiger charge is 2.32. The van der Waals surface area contributed by atoms with Crippen LogP contribution in [-0.4, -0.2) is 29.5 Å². The first-order valence-corrected chi connectivity index (χ1v) is 8.99. The third kappa shape index (κ3) is 3.95. The lowest BCUT2D eigenvalue weighted by atomic mass is 10.2. The quantitative estimate of drug-likeness (QED) is 0.811. The lowest BCUT2D eigenvalue weighted by molar-refractivity contribution is 0.251. The van der Waals surface area contributed by atoms with Crippen LogP contribution in [0.3, 0.4) is 0 Å². The molecule has 2 saturated carbocycles. The van der Waals surface area contributed by atoms with Crippen molar-refractivity contribution in [1.82, 2.24) is 15.1 Å². The van der Waals surface area contributed by atoms with E-state index >= 15 is 0 Å². The zero-order valence-corrected chi connectivity index (χ0v) is 14.5. The normalized spacial score (nSPS) is 16.5. The molecule has 1 heterocycles. The van der Waals surface area contributed by atoms with Crippen LogP contribution in [0, 0.1) is 0 Å². The molecular formula is C19H24N4O2. The highest BCUT2D eigenvalue weighted by Crippen LogP contribution is 2.44. The van der Waals surface area contributed by atoms with E-state index in [1.54, 1.807) is 7.11 Å². The summed E-state index contributed by atoms with van der Waals surface area (Å²) in [4.78, 5) is 12.0. The number of nitrogens with zero attached hydrogens (tertiary/aromatic N) is 2. The van der Waals surface area contributed by atoms with Gasteiger partial charge in [-0.2, -0.15) is 5.10 Å². The predicted molar refractivity (Wildman–Crippen MR) is 96.2 cm³/mol. The number of hydrogen-bond donors (Lipinski definition) is 2. The van der Waals surface area contributed by atoms with Crippen molar-refractivity contribution in [1.29, 1.82) is 0 Å². The van der Waals surface area contributed by atoms with E-state index in [1.165, 1.54) is 37.1 Å². The van der Waals surface area contributed by atoms with E-state index in [0.29, 0.717) is 24.9 Å². The Hall–Kier alpha value is -2.50. The largest absolute Gasteiger partial charge is 0.497 e. The van der Waals surface area contributed by atoms with E-state index in [4.69, 9.17) is 9.84 Å². The predicted octanol–water partition coefficient (Wildman–Crippen LogP) is 3.47. The van der Waals surface area contributed by atoms with Crippen LogP contribution < -0.4 is 15.4 Å². The second-order valence-corrected chi connectivity index (χ2v) is 6.88. The molecule has 0 bridgehead atoms. The molecule has 2 aliphatic rings. The summed E-state index contributed by atoms with van der Waals surface area (Å²) in [6.45, 7) is 1.28. The number of carbonyl (C=O) groups excluding carboxylic acids is 1. The van der Waals surface area contributed by atoms with Gasteiger partial charge in [0.05, 0.1) is 19.3 Å². The number of hydrogen-bond acceptors (Lipinski definition) is 3. The van der Waals surface area contributed by atoms with Crippen LogP contribution in [0.5, 0.6) is 5.75 Å². The number of anilines is 1. The van der Waals surface area contributed by atoms with Gasteiger partial charge in [-0.15, -0.1) is 0 Å². The van der Waals surface area contributed by atoms with Crippen LogP contribution in [0.25, 0.3) is 0 Å². The van der Waals surface area contributed by atoms with Crippen LogP contribution in [0.4, 0.5) is 10.5 Å². The topological polar surface area (TPSA) is 68.2 Å². The second-order valence-electron chi connectivity index (χ2n) is 6.88. The Morgan fingerprint density at radius 3 is 2.56 bits per heavy atom. The van der Waals surface area contributed by atoms with E-state index in [2.05, 4.69) is 21.4 Å². The van der Waals surface area contributed by atoms with Gasteiger partial charge in [0.15, 0.2) is 0 Å². The van der Waals surface area contributed by atoms with Crippen LogP contribution in [-0.2, 0) is 6.54 Å². The summed E-state index contributed by atoms with van der Waals surface area (Å²) in [7, 11) is 1.62. The molecule has 0 spiro atoms. The van der Waals surface area contributed by atoms with Crippen molar-refractivity contribution in [2.24, 2.45) is 0 Å². The minimum atomic E-state index is -0.201. The molecule has 1 aromatic carbocycles. The smallest absolute Gasteiger partial charge is 0.319 e. The zero-order chi connectivity index (χ0) is 17.2. The summed E-state index contributed by atoms with van der Waals surface area (Å²) in [6.07, 6.45) is 5.07. The average Bonchev–Trinajstić information content (AvgIpc) is 3.54. The molecule has 6 heteroatoms. The van der Waals surface area contributed by atoms with E-state index < -0.39 is 0 Å². The summed E-state index contributed by atoms with van der Waals surface area (Å²) in [5.74, 6) is 2.11. The Balaban J connectivity index is 1.29. The number of ether oxygens (including phenoxy) is 1. The van der Waals surface area contributed by atoms with E-state index in [0.717, 1.165) is 11.4 Å². The molecule has 2 N–H and O–H groups in total. The molecule has 2 aliphatic carbocycles. The minimum Gasteiger partial charge on any atom is -0.497 e. The number of rotatable bonds is 7. The molecule has 6 nitrogen and oxygen atoms in total. The van der Waals surface area contributed by atoms with Crippen molar-refractivity contribution < 1.29 is 9.53 Å². The van der Waals surface area contributed by atoms with Gasteiger partial charge in [-0.05, 0) is 56.0 Å². The van der Waals surface area contributed by atoms with Crippen LogP contribution in [0.15, 0.2) is 30.3 Å². The molecule has 0 saturated heterocycles. The molecule has 2 fully saturated rings. The molecular weight excluding hydrogens is 316 g/mol. The Morgan fingerprint density at radius 1 is 1.20 bits per heavy atom. The molecule has 0 atom stereocenters. The number of amides is 2. The summed E-state index contributed by atoms with van der Waals surface area (Å²) in [5, 5.41) is 10.5. The lowest BCUT2D eigenvalue weighted by Crippen LogP contribution is -2.31. The minimum absolute atomic E-state index is 0.201. The van der Waals surface area contributed by atoms with Gasteiger partial charge in [-0.25, -0.2) is 4.79 Å². The van der Waals surface area contributed by atoms with Crippen LogP contribution >= 0.6 is 0 Å². The summed E-state index contributed by atoms with van der Waals surface area (Å²) < 4.78 is 7.20. The molecule has 132 valence electrons. The fraction of sp³-hybridized carbons (Fsp3) is 0.474. The van der Waals surface area contributed by atoms with Gasteiger partial charge in [0.25, 0.3) is 0 Å². The monoisotopic (exact) mass is 340 g/mol. The first kappa shape index (κ1) is 16.0. The maximum absolute atomic E-state index is 12.0. The number of benzene rings is 1. The molecule has 0 radical (unpaired) electrons.